The van der Waals surface area contributed by atoms with E-state index in [1.165, 1.54) is 55.7 Å². The number of nitrogens with one attached hydrogen (secondary N) is 1. The number of carbonyl (C=O) groups excluding carboxylic acids is 3. The number of benzene rings is 2. The molecule has 1 aromatic heterocycles. The molecule has 2 heterocycles. The van der Waals surface area contributed by atoms with Crippen molar-refractivity contribution in [2.75, 3.05) is 18.6 Å². The first-order valence-corrected chi connectivity index (χ1v) is 10.4. The Morgan fingerprint density at radius 2 is 1.83 bits per heavy atom. The highest BCUT2D eigenvalue weighted by molar-refractivity contribution is 6.39. The second-order valence-corrected chi connectivity index (χ2v) is 7.23. The molecule has 1 N–H and O–H groups in total. The quantitative estimate of drug-likeness (QED) is 0.234. The van der Waals surface area contributed by atoms with E-state index in [9.17, 15) is 24.5 Å². The normalized spacial score (nSPS) is 14.7. The first-order chi connectivity index (χ1) is 16.8. The van der Waals surface area contributed by atoms with E-state index in [-0.39, 0.29) is 28.5 Å². The van der Waals surface area contributed by atoms with Crippen LogP contribution in [-0.2, 0) is 9.59 Å². The Morgan fingerprint density at radius 1 is 1.09 bits per heavy atom. The van der Waals surface area contributed by atoms with Gasteiger partial charge in [-0.05, 0) is 55.5 Å². The number of non-ortho nitro benzene ring substituents is 1. The minimum Gasteiger partial charge on any atom is -0.496 e. The summed E-state index contributed by atoms with van der Waals surface area (Å²) in [5, 5.41) is 13.3. The van der Waals surface area contributed by atoms with Gasteiger partial charge in [0.2, 0.25) is 0 Å². The number of nitro benzene ring substituents is 1. The standard InChI is InChI=1S/C24H19N3O8/c1-3-34-16-7-4-14(5-8-16)26-23(29)19(22(28)25-24(26)30)13-17-9-11-21(35-17)18-12-15(27(31)32)6-10-20(18)33-2/h4-13H,3H2,1-2H3,(H,25,28,30)/b19-13+. The summed E-state index contributed by atoms with van der Waals surface area (Å²) in [5.74, 6) is -0.481. The molecule has 4 amide bonds. The van der Waals surface area contributed by atoms with Crippen molar-refractivity contribution >= 4 is 35.3 Å². The third-order valence-corrected chi connectivity index (χ3v) is 5.08. The number of furan rings is 1. The molecule has 1 fully saturated rings. The van der Waals surface area contributed by atoms with Crippen LogP contribution in [0.1, 0.15) is 12.7 Å². The van der Waals surface area contributed by atoms with Gasteiger partial charge in [0.1, 0.15) is 28.6 Å². The van der Waals surface area contributed by atoms with Crippen LogP contribution in [-0.4, -0.2) is 36.5 Å². The van der Waals surface area contributed by atoms with Gasteiger partial charge in [-0.15, -0.1) is 0 Å². The maximum Gasteiger partial charge on any atom is 0.335 e. The minimum absolute atomic E-state index is 0.119. The molecule has 178 valence electrons. The average molecular weight is 477 g/mol. The molecule has 0 bridgehead atoms. The maximum absolute atomic E-state index is 13.1. The van der Waals surface area contributed by atoms with E-state index in [1.54, 1.807) is 12.1 Å². The van der Waals surface area contributed by atoms with E-state index in [1.807, 2.05) is 6.92 Å². The lowest BCUT2D eigenvalue weighted by atomic mass is 10.1. The molecule has 1 saturated heterocycles. The highest BCUT2D eigenvalue weighted by Crippen LogP contribution is 2.35. The predicted molar refractivity (Wildman–Crippen MR) is 124 cm³/mol. The molecule has 1 aliphatic rings. The van der Waals surface area contributed by atoms with Crippen molar-refractivity contribution < 1.29 is 33.2 Å². The number of barbiturate groups is 1. The van der Waals surface area contributed by atoms with Gasteiger partial charge in [0.15, 0.2) is 0 Å². The molecule has 11 heteroatoms. The van der Waals surface area contributed by atoms with E-state index < -0.39 is 22.8 Å². The molecule has 0 saturated carbocycles. The number of carbonyl (C=O) groups is 3. The molecule has 0 aliphatic carbocycles. The van der Waals surface area contributed by atoms with Gasteiger partial charge < -0.3 is 13.9 Å². The topological polar surface area (TPSA) is 141 Å². The van der Waals surface area contributed by atoms with Crippen molar-refractivity contribution in [3.05, 3.63) is 76.0 Å². The van der Waals surface area contributed by atoms with Crippen LogP contribution in [0.15, 0.2) is 64.6 Å². The number of hydrogen-bond acceptors (Lipinski definition) is 8. The van der Waals surface area contributed by atoms with Crippen LogP contribution < -0.4 is 19.7 Å². The summed E-state index contributed by atoms with van der Waals surface area (Å²) in [6.07, 6.45) is 1.19. The number of anilines is 1. The number of urea groups is 1. The molecule has 11 nitrogen and oxygen atoms in total. The van der Waals surface area contributed by atoms with E-state index in [4.69, 9.17) is 13.9 Å². The Morgan fingerprint density at radius 3 is 2.49 bits per heavy atom. The molecule has 2 aromatic carbocycles. The van der Waals surface area contributed by atoms with Gasteiger partial charge in [-0.2, -0.15) is 0 Å². The lowest BCUT2D eigenvalue weighted by Crippen LogP contribution is -2.54. The Kier molecular flexibility index (Phi) is 6.32. The molecule has 0 radical (unpaired) electrons. The summed E-state index contributed by atoms with van der Waals surface area (Å²) in [5.41, 5.74) is 0.0709. The van der Waals surface area contributed by atoms with Crippen LogP contribution in [0.4, 0.5) is 16.2 Å². The number of methoxy groups -OCH3 is 1. The van der Waals surface area contributed by atoms with Gasteiger partial charge in [-0.25, -0.2) is 9.69 Å². The maximum atomic E-state index is 13.1. The fourth-order valence-electron chi connectivity index (χ4n) is 3.47. The molecule has 0 unspecified atom stereocenters. The van der Waals surface area contributed by atoms with Gasteiger partial charge in [0, 0.05) is 12.1 Å². The summed E-state index contributed by atoms with van der Waals surface area (Å²) in [4.78, 5) is 49.3. The lowest BCUT2D eigenvalue weighted by molar-refractivity contribution is -0.384. The van der Waals surface area contributed by atoms with Gasteiger partial charge in [0.25, 0.3) is 17.5 Å². The fraction of sp³-hybridized carbons (Fsp3) is 0.125. The van der Waals surface area contributed by atoms with Crippen molar-refractivity contribution in [1.82, 2.24) is 5.32 Å². The summed E-state index contributed by atoms with van der Waals surface area (Å²) >= 11 is 0. The van der Waals surface area contributed by atoms with Crippen LogP contribution in [0.25, 0.3) is 17.4 Å². The van der Waals surface area contributed by atoms with Gasteiger partial charge in [-0.1, -0.05) is 0 Å². The molecular formula is C24H19N3O8. The summed E-state index contributed by atoms with van der Waals surface area (Å²) < 4.78 is 16.3. The number of amides is 4. The third kappa shape index (κ3) is 4.60. The lowest BCUT2D eigenvalue weighted by Gasteiger charge is -2.26. The Labute approximate surface area is 198 Å². The Balaban J connectivity index is 1.66. The predicted octanol–water partition coefficient (Wildman–Crippen LogP) is 3.93. The molecule has 3 aromatic rings. The van der Waals surface area contributed by atoms with Crippen molar-refractivity contribution in [3.8, 4) is 22.8 Å². The molecule has 0 spiro atoms. The Hall–Kier alpha value is -4.93. The number of imide groups is 2. The molecule has 4 rings (SSSR count). The summed E-state index contributed by atoms with van der Waals surface area (Å²) in [6.45, 7) is 2.28. The largest absolute Gasteiger partial charge is 0.496 e. The summed E-state index contributed by atoms with van der Waals surface area (Å²) in [7, 11) is 1.41. The first kappa shape index (κ1) is 23.2. The zero-order chi connectivity index (χ0) is 25.1. The number of ether oxygens (including phenoxy) is 2. The highest BCUT2D eigenvalue weighted by Gasteiger charge is 2.37. The second kappa shape index (κ2) is 9.51. The van der Waals surface area contributed by atoms with Crippen molar-refractivity contribution in [1.29, 1.82) is 0 Å². The number of nitro groups is 1. The monoisotopic (exact) mass is 477 g/mol. The Bertz CT molecular complexity index is 1360. The zero-order valence-corrected chi connectivity index (χ0v) is 18.6. The molecule has 1 aliphatic heterocycles. The van der Waals surface area contributed by atoms with Crippen LogP contribution in [0.3, 0.4) is 0 Å². The first-order valence-electron chi connectivity index (χ1n) is 10.4. The van der Waals surface area contributed by atoms with Crippen LogP contribution in [0.5, 0.6) is 11.5 Å². The second-order valence-electron chi connectivity index (χ2n) is 7.23. The smallest absolute Gasteiger partial charge is 0.335 e. The van der Waals surface area contributed by atoms with Crippen LogP contribution >= 0.6 is 0 Å². The van der Waals surface area contributed by atoms with Crippen LogP contribution in [0.2, 0.25) is 0 Å². The van der Waals surface area contributed by atoms with E-state index in [0.717, 1.165) is 4.90 Å². The summed E-state index contributed by atoms with van der Waals surface area (Å²) in [6, 6.07) is 12.4. The van der Waals surface area contributed by atoms with Crippen molar-refractivity contribution in [2.24, 2.45) is 0 Å². The molecule has 0 atom stereocenters. The van der Waals surface area contributed by atoms with Gasteiger partial charge >= 0.3 is 6.03 Å². The minimum atomic E-state index is -0.886. The van der Waals surface area contributed by atoms with E-state index >= 15 is 0 Å². The van der Waals surface area contributed by atoms with Gasteiger partial charge in [0.05, 0.1) is 29.9 Å². The van der Waals surface area contributed by atoms with E-state index in [0.29, 0.717) is 23.7 Å². The van der Waals surface area contributed by atoms with Crippen molar-refractivity contribution in [3.63, 3.8) is 0 Å². The SMILES string of the molecule is CCOc1ccc(N2C(=O)NC(=O)/C(=C\c3ccc(-c4cc([N+](=O)[O-])ccc4OC)o3)C2=O)cc1. The van der Waals surface area contributed by atoms with Gasteiger partial charge in [-0.3, -0.25) is 25.0 Å². The molecular weight excluding hydrogens is 458 g/mol. The van der Waals surface area contributed by atoms with E-state index in [2.05, 4.69) is 5.32 Å². The highest BCUT2D eigenvalue weighted by atomic mass is 16.6. The zero-order valence-electron chi connectivity index (χ0n) is 18.6. The molecule has 35 heavy (non-hydrogen) atoms. The fourth-order valence-corrected chi connectivity index (χ4v) is 3.47. The number of hydrogen-bond donors (Lipinski definition) is 1. The average Bonchev–Trinajstić information content (AvgIpc) is 3.31. The van der Waals surface area contributed by atoms with Crippen LogP contribution in [0, 0.1) is 10.1 Å². The number of rotatable bonds is 7. The third-order valence-electron chi connectivity index (χ3n) is 5.08. The van der Waals surface area contributed by atoms with Crippen molar-refractivity contribution in [2.45, 2.75) is 6.92 Å². The number of nitrogens with zero attached hydrogens (tertiary/aromatic N) is 2.